The highest BCUT2D eigenvalue weighted by Gasteiger charge is 2.44. The molecule has 10 heteroatoms. The molecule has 0 amide bonds. The zero-order chi connectivity index (χ0) is 20.3. The first kappa shape index (κ1) is 19.6. The van der Waals surface area contributed by atoms with Gasteiger partial charge in [0.15, 0.2) is 6.29 Å². The number of nitro groups is 1. The van der Waals surface area contributed by atoms with Gasteiger partial charge in [-0.05, 0) is 12.5 Å². The third kappa shape index (κ3) is 3.51. The molecule has 1 aliphatic rings. The third-order valence-corrected chi connectivity index (χ3v) is 4.44. The first-order chi connectivity index (χ1) is 13.5. The van der Waals surface area contributed by atoms with Crippen molar-refractivity contribution in [3.63, 3.8) is 0 Å². The van der Waals surface area contributed by atoms with E-state index in [1.54, 1.807) is 36.0 Å². The summed E-state index contributed by atoms with van der Waals surface area (Å²) in [5, 5.41) is 11.2. The Morgan fingerprint density at radius 2 is 2.11 bits per heavy atom. The number of nitrogens with zero attached hydrogens (tertiary/aromatic N) is 4. The number of hydrogen-bond donors (Lipinski definition) is 0. The summed E-state index contributed by atoms with van der Waals surface area (Å²) in [4.78, 5) is 32.3. The summed E-state index contributed by atoms with van der Waals surface area (Å²) in [6.07, 6.45) is 2.31. The molecular weight excluding hydrogens is 368 g/mol. The number of carbonyl (C=O) groups is 1. The molecule has 0 spiro atoms. The van der Waals surface area contributed by atoms with Gasteiger partial charge in [0.25, 0.3) is 5.69 Å². The van der Waals surface area contributed by atoms with Crippen molar-refractivity contribution in [3.8, 4) is 0 Å². The van der Waals surface area contributed by atoms with Gasteiger partial charge >= 0.3 is 5.97 Å². The molecule has 3 rings (SSSR count). The van der Waals surface area contributed by atoms with Crippen molar-refractivity contribution in [2.24, 2.45) is 10.9 Å². The van der Waals surface area contributed by atoms with E-state index < -0.39 is 29.1 Å². The number of methoxy groups -OCH3 is 2. The lowest BCUT2D eigenvalue weighted by Gasteiger charge is -2.34. The minimum Gasteiger partial charge on any atom is -0.465 e. The van der Waals surface area contributed by atoms with Gasteiger partial charge in [-0.3, -0.25) is 14.9 Å². The molecule has 0 aliphatic carbocycles. The number of imidazole rings is 1. The molecule has 148 valence electrons. The van der Waals surface area contributed by atoms with Crippen LogP contribution in [0.4, 0.5) is 11.6 Å². The van der Waals surface area contributed by atoms with Gasteiger partial charge in [-0.2, -0.15) is 0 Å². The van der Waals surface area contributed by atoms with E-state index in [1.807, 2.05) is 0 Å². The maximum absolute atomic E-state index is 12.9. The molecule has 0 saturated carbocycles. The van der Waals surface area contributed by atoms with Crippen molar-refractivity contribution in [3.05, 3.63) is 52.3 Å². The van der Waals surface area contributed by atoms with Crippen LogP contribution in [0.1, 0.15) is 18.5 Å². The van der Waals surface area contributed by atoms with Gasteiger partial charge in [-0.1, -0.05) is 12.1 Å². The van der Waals surface area contributed by atoms with Crippen molar-refractivity contribution >= 4 is 23.3 Å². The predicted molar refractivity (Wildman–Crippen MR) is 98.5 cm³/mol. The van der Waals surface area contributed by atoms with Gasteiger partial charge < -0.3 is 18.8 Å². The van der Waals surface area contributed by atoms with Crippen LogP contribution in [0, 0.1) is 16.0 Å². The Labute approximate surface area is 160 Å². The largest absolute Gasteiger partial charge is 0.465 e. The Kier molecular flexibility index (Phi) is 5.81. The average Bonchev–Trinajstić information content (AvgIpc) is 3.16. The molecule has 2 unspecified atom stereocenters. The van der Waals surface area contributed by atoms with Gasteiger partial charge in [0.05, 0.1) is 23.3 Å². The van der Waals surface area contributed by atoms with Gasteiger partial charge in [-0.25, -0.2) is 9.98 Å². The Morgan fingerprint density at radius 3 is 2.75 bits per heavy atom. The summed E-state index contributed by atoms with van der Waals surface area (Å²) in [7, 11) is 2.87. The van der Waals surface area contributed by atoms with Crippen LogP contribution in [0.15, 0.2) is 41.7 Å². The zero-order valence-corrected chi connectivity index (χ0v) is 15.6. The van der Waals surface area contributed by atoms with Crippen LogP contribution in [-0.2, 0) is 19.0 Å². The summed E-state index contributed by atoms with van der Waals surface area (Å²) in [6.45, 7) is 1.87. The van der Waals surface area contributed by atoms with E-state index in [2.05, 4.69) is 9.98 Å². The quantitative estimate of drug-likeness (QED) is 0.309. The van der Waals surface area contributed by atoms with E-state index in [1.165, 1.54) is 26.4 Å². The number of non-ortho nitro benzene ring substituents is 1. The molecule has 0 N–H and O–H groups in total. The Hall–Kier alpha value is -3.11. The maximum atomic E-state index is 12.9. The number of fused-ring (bicyclic) bond motifs is 1. The fourth-order valence-electron chi connectivity index (χ4n) is 3.31. The number of rotatable bonds is 7. The highest BCUT2D eigenvalue weighted by molar-refractivity contribution is 6.06. The second-order valence-corrected chi connectivity index (χ2v) is 6.00. The molecule has 0 bridgehead atoms. The monoisotopic (exact) mass is 388 g/mol. The number of ether oxygens (including phenoxy) is 3. The topological polar surface area (TPSA) is 118 Å². The Morgan fingerprint density at radius 1 is 1.36 bits per heavy atom. The van der Waals surface area contributed by atoms with Crippen LogP contribution in [0.3, 0.4) is 0 Å². The average molecular weight is 388 g/mol. The van der Waals surface area contributed by atoms with Crippen molar-refractivity contribution in [2.45, 2.75) is 19.3 Å². The predicted octanol–water partition coefficient (Wildman–Crippen LogP) is 2.26. The lowest BCUT2D eigenvalue weighted by molar-refractivity contribution is -0.384. The molecule has 2 aromatic rings. The van der Waals surface area contributed by atoms with Crippen LogP contribution in [0.25, 0.3) is 0 Å². The minimum absolute atomic E-state index is 0.0825. The number of hydrogen-bond acceptors (Lipinski definition) is 8. The highest BCUT2D eigenvalue weighted by atomic mass is 16.7. The second kappa shape index (κ2) is 8.28. The van der Waals surface area contributed by atoms with Crippen molar-refractivity contribution < 1.29 is 23.9 Å². The molecule has 1 aromatic heterocycles. The van der Waals surface area contributed by atoms with Gasteiger partial charge in [0.1, 0.15) is 5.92 Å². The Balaban J connectivity index is 2.20. The molecule has 2 heterocycles. The van der Waals surface area contributed by atoms with Crippen molar-refractivity contribution in [2.75, 3.05) is 20.8 Å². The first-order valence-corrected chi connectivity index (χ1v) is 8.59. The van der Waals surface area contributed by atoms with E-state index in [0.29, 0.717) is 17.2 Å². The van der Waals surface area contributed by atoms with E-state index >= 15 is 0 Å². The van der Waals surface area contributed by atoms with Crippen LogP contribution in [-0.4, -0.2) is 53.3 Å². The number of nitro benzene ring substituents is 1. The number of carbonyl (C=O) groups excluding carboxylic acids is 1. The molecular formula is C18H20N4O6. The fraction of sp³-hybridized carbons (Fsp3) is 0.389. The summed E-state index contributed by atoms with van der Waals surface area (Å²) < 4.78 is 17.6. The normalized spacial score (nSPS) is 18.5. The smallest absolute Gasteiger partial charge is 0.317 e. The van der Waals surface area contributed by atoms with Crippen molar-refractivity contribution in [1.82, 2.24) is 9.55 Å². The maximum Gasteiger partial charge on any atom is 0.317 e. The molecule has 0 fully saturated rings. The Bertz CT molecular complexity index is 905. The highest BCUT2D eigenvalue weighted by Crippen LogP contribution is 2.38. The molecule has 1 aromatic carbocycles. The van der Waals surface area contributed by atoms with Gasteiger partial charge in [-0.15, -0.1) is 0 Å². The molecule has 1 aliphatic heterocycles. The zero-order valence-electron chi connectivity index (χ0n) is 15.6. The summed E-state index contributed by atoms with van der Waals surface area (Å²) in [5.41, 5.74) is 0.754. The van der Waals surface area contributed by atoms with Crippen LogP contribution >= 0.6 is 0 Å². The van der Waals surface area contributed by atoms with E-state index in [4.69, 9.17) is 14.2 Å². The molecule has 10 nitrogen and oxygen atoms in total. The van der Waals surface area contributed by atoms with E-state index in [0.717, 1.165) is 0 Å². The number of esters is 1. The van der Waals surface area contributed by atoms with Crippen LogP contribution in [0.5, 0.6) is 0 Å². The molecule has 2 atom stereocenters. The van der Waals surface area contributed by atoms with Gasteiger partial charge in [0, 0.05) is 38.7 Å². The summed E-state index contributed by atoms with van der Waals surface area (Å²) >= 11 is 0. The fourth-order valence-corrected chi connectivity index (χ4v) is 3.31. The minimum atomic E-state index is -0.909. The third-order valence-electron chi connectivity index (χ3n) is 4.44. The lowest BCUT2D eigenvalue weighted by atomic mass is 9.87. The van der Waals surface area contributed by atoms with Crippen LogP contribution < -0.4 is 0 Å². The standard InChI is InChI=1S/C18H20N4O6/c1-4-28-16(23)13-14(17(26-2)27-3)20-18-19-8-9-21(18)15(13)11-6-5-7-12(10-11)22(24)25/h5-10,13,15,17H,4H2,1-3H3. The molecule has 28 heavy (non-hydrogen) atoms. The van der Waals surface area contributed by atoms with Crippen molar-refractivity contribution in [1.29, 1.82) is 0 Å². The van der Waals surface area contributed by atoms with Crippen LogP contribution in [0.2, 0.25) is 0 Å². The molecule has 0 saturated heterocycles. The first-order valence-electron chi connectivity index (χ1n) is 8.59. The lowest BCUT2D eigenvalue weighted by Crippen LogP contribution is -2.44. The summed E-state index contributed by atoms with van der Waals surface area (Å²) in [6, 6.07) is 5.45. The van der Waals surface area contributed by atoms with Gasteiger partial charge in [0.2, 0.25) is 5.95 Å². The summed E-state index contributed by atoms with van der Waals surface area (Å²) in [5.74, 6) is -1.10. The van der Waals surface area contributed by atoms with E-state index in [-0.39, 0.29) is 12.3 Å². The number of benzene rings is 1. The van der Waals surface area contributed by atoms with E-state index in [9.17, 15) is 14.9 Å². The number of aliphatic imine (C=N–C) groups is 1. The SMILES string of the molecule is CCOC(=O)C1C(C(OC)OC)=Nc2nccn2C1c1cccc([N+](=O)[O-])c1. The number of aromatic nitrogens is 2. The second-order valence-electron chi connectivity index (χ2n) is 6.00. The molecule has 0 radical (unpaired) electrons.